The highest BCUT2D eigenvalue weighted by atomic mass is 35.5. The lowest BCUT2D eigenvalue weighted by molar-refractivity contribution is 0.102. The zero-order valence-corrected chi connectivity index (χ0v) is 18.1. The van der Waals surface area contributed by atoms with Gasteiger partial charge in [-0.25, -0.2) is 8.42 Å². The third kappa shape index (κ3) is 5.29. The maximum absolute atomic E-state index is 12.8. The maximum atomic E-state index is 12.8. The fraction of sp³-hybridized carbons (Fsp3) is 0.381. The summed E-state index contributed by atoms with van der Waals surface area (Å²) in [5.41, 5.74) is 0.788. The third-order valence-corrected chi connectivity index (χ3v) is 6.93. The Morgan fingerprint density at radius 2 is 1.90 bits per heavy atom. The molecule has 1 N–H and O–H groups in total. The Morgan fingerprint density at radius 1 is 1.17 bits per heavy atom. The zero-order chi connectivity index (χ0) is 21.0. The van der Waals surface area contributed by atoms with Crippen LogP contribution in [-0.4, -0.2) is 38.3 Å². The van der Waals surface area contributed by atoms with Crippen molar-refractivity contribution in [3.05, 3.63) is 53.1 Å². The summed E-state index contributed by atoms with van der Waals surface area (Å²) in [6, 6.07) is 11.4. The molecule has 0 atom stereocenters. The number of nitrogens with zero attached hydrogens (tertiary/aromatic N) is 1. The van der Waals surface area contributed by atoms with Crippen molar-refractivity contribution in [1.29, 1.82) is 0 Å². The third-order valence-electron chi connectivity index (χ3n) is 4.55. The molecule has 156 valence electrons. The Balaban J connectivity index is 1.78. The van der Waals surface area contributed by atoms with Crippen molar-refractivity contribution in [2.24, 2.45) is 5.92 Å². The van der Waals surface area contributed by atoms with Gasteiger partial charge in [0.2, 0.25) is 10.0 Å². The minimum Gasteiger partial charge on any atom is -0.493 e. The highest BCUT2D eigenvalue weighted by Gasteiger charge is 2.29. The number of amides is 1. The van der Waals surface area contributed by atoms with Crippen LogP contribution in [0.25, 0.3) is 0 Å². The lowest BCUT2D eigenvalue weighted by Gasteiger charge is -2.17. The first-order valence-corrected chi connectivity index (χ1v) is 11.4. The van der Waals surface area contributed by atoms with Crippen molar-refractivity contribution in [1.82, 2.24) is 4.31 Å². The normalized spacial score (nSPS) is 14.9. The van der Waals surface area contributed by atoms with Crippen molar-refractivity contribution in [2.45, 2.75) is 31.6 Å². The van der Waals surface area contributed by atoms with E-state index in [0.29, 0.717) is 42.6 Å². The number of rotatable bonds is 7. The number of carbonyl (C=O) groups is 1. The van der Waals surface area contributed by atoms with Gasteiger partial charge in [0.1, 0.15) is 10.6 Å². The van der Waals surface area contributed by atoms with E-state index in [1.165, 1.54) is 16.4 Å². The molecule has 1 aliphatic rings. The molecule has 0 radical (unpaired) electrons. The topological polar surface area (TPSA) is 75.7 Å². The number of anilines is 1. The molecule has 1 heterocycles. The van der Waals surface area contributed by atoms with E-state index in [-0.39, 0.29) is 15.8 Å². The van der Waals surface area contributed by atoms with Crippen molar-refractivity contribution >= 4 is 33.2 Å². The summed E-state index contributed by atoms with van der Waals surface area (Å²) in [5, 5.41) is 2.88. The van der Waals surface area contributed by atoms with Crippen molar-refractivity contribution in [2.75, 3.05) is 25.0 Å². The van der Waals surface area contributed by atoms with Gasteiger partial charge in [0, 0.05) is 24.3 Å². The summed E-state index contributed by atoms with van der Waals surface area (Å²) < 4.78 is 32.8. The molecular weight excluding hydrogens is 412 g/mol. The largest absolute Gasteiger partial charge is 0.493 e. The van der Waals surface area contributed by atoms with E-state index in [1.54, 1.807) is 30.3 Å². The van der Waals surface area contributed by atoms with Crippen LogP contribution in [0.5, 0.6) is 5.75 Å². The molecule has 1 aliphatic heterocycles. The average Bonchev–Trinajstić information content (AvgIpc) is 3.23. The SMILES string of the molecule is CC(C)COc1cccc(C(=O)Nc2ccc(Cl)c(S(=O)(=O)N3CCCC3)c2)c1. The first-order chi connectivity index (χ1) is 13.8. The quantitative estimate of drug-likeness (QED) is 0.697. The molecule has 1 amide bonds. The molecular formula is C21H25ClN2O4S. The van der Waals surface area contributed by atoms with Gasteiger partial charge in [-0.1, -0.05) is 31.5 Å². The van der Waals surface area contributed by atoms with Crippen molar-refractivity contribution < 1.29 is 17.9 Å². The molecule has 6 nitrogen and oxygen atoms in total. The van der Waals surface area contributed by atoms with Crippen LogP contribution in [0.3, 0.4) is 0 Å². The van der Waals surface area contributed by atoms with Gasteiger partial charge < -0.3 is 10.1 Å². The van der Waals surface area contributed by atoms with E-state index in [2.05, 4.69) is 5.32 Å². The average molecular weight is 437 g/mol. The van der Waals surface area contributed by atoms with Crippen LogP contribution in [0.4, 0.5) is 5.69 Å². The molecule has 29 heavy (non-hydrogen) atoms. The second-order valence-corrected chi connectivity index (χ2v) is 9.76. The molecule has 0 aliphatic carbocycles. The van der Waals surface area contributed by atoms with E-state index >= 15 is 0 Å². The van der Waals surface area contributed by atoms with Crippen LogP contribution >= 0.6 is 11.6 Å². The summed E-state index contributed by atoms with van der Waals surface area (Å²) >= 11 is 6.16. The molecule has 3 rings (SSSR count). The van der Waals surface area contributed by atoms with Crippen LogP contribution in [0.2, 0.25) is 5.02 Å². The lowest BCUT2D eigenvalue weighted by Crippen LogP contribution is -2.28. The van der Waals surface area contributed by atoms with E-state index < -0.39 is 10.0 Å². The predicted octanol–water partition coefficient (Wildman–Crippen LogP) is 4.41. The van der Waals surface area contributed by atoms with Gasteiger partial charge in [-0.3, -0.25) is 4.79 Å². The molecule has 2 aromatic carbocycles. The fourth-order valence-electron chi connectivity index (χ4n) is 3.04. The maximum Gasteiger partial charge on any atom is 0.255 e. The molecule has 2 aromatic rings. The summed E-state index contributed by atoms with van der Waals surface area (Å²) in [6.07, 6.45) is 1.67. The lowest BCUT2D eigenvalue weighted by atomic mass is 10.2. The minimum absolute atomic E-state index is 0.00730. The number of benzene rings is 2. The standard InChI is InChI=1S/C21H25ClN2O4S/c1-15(2)14-28-18-7-5-6-16(12-18)21(25)23-17-8-9-19(22)20(13-17)29(26,27)24-10-3-4-11-24/h5-9,12-13,15H,3-4,10-11,14H2,1-2H3,(H,23,25). The fourth-order valence-corrected chi connectivity index (χ4v) is 5.06. The molecule has 1 saturated heterocycles. The zero-order valence-electron chi connectivity index (χ0n) is 16.5. The van der Waals surface area contributed by atoms with E-state index in [0.717, 1.165) is 12.8 Å². The Labute approximate surface area is 176 Å². The molecule has 1 fully saturated rings. The molecule has 0 aromatic heterocycles. The van der Waals surface area contributed by atoms with Gasteiger partial charge in [0.15, 0.2) is 0 Å². The Hall–Kier alpha value is -2.09. The molecule has 8 heteroatoms. The van der Waals surface area contributed by atoms with Crippen LogP contribution in [0.15, 0.2) is 47.4 Å². The number of halogens is 1. The Bertz CT molecular complexity index is 986. The van der Waals surface area contributed by atoms with Gasteiger partial charge in [-0.05, 0) is 55.2 Å². The highest BCUT2D eigenvalue weighted by Crippen LogP contribution is 2.30. The first kappa shape index (κ1) is 21.6. The van der Waals surface area contributed by atoms with Crippen molar-refractivity contribution in [3.8, 4) is 5.75 Å². The van der Waals surface area contributed by atoms with E-state index in [1.807, 2.05) is 13.8 Å². The molecule has 0 bridgehead atoms. The monoisotopic (exact) mass is 436 g/mol. The Morgan fingerprint density at radius 3 is 2.59 bits per heavy atom. The molecule has 0 spiro atoms. The van der Waals surface area contributed by atoms with Crippen LogP contribution in [0, 0.1) is 5.92 Å². The van der Waals surface area contributed by atoms with Gasteiger partial charge in [-0.15, -0.1) is 0 Å². The summed E-state index contributed by atoms with van der Waals surface area (Å²) in [6.45, 7) is 5.62. The number of sulfonamides is 1. The Kier molecular flexibility index (Phi) is 6.82. The number of carbonyl (C=O) groups excluding carboxylic acids is 1. The van der Waals surface area contributed by atoms with Crippen molar-refractivity contribution in [3.63, 3.8) is 0 Å². The predicted molar refractivity (Wildman–Crippen MR) is 114 cm³/mol. The minimum atomic E-state index is -3.68. The van der Waals surface area contributed by atoms with Gasteiger partial charge in [0.05, 0.1) is 11.6 Å². The van der Waals surface area contributed by atoms with E-state index in [4.69, 9.17) is 16.3 Å². The number of hydrogen-bond acceptors (Lipinski definition) is 4. The number of nitrogens with one attached hydrogen (secondary N) is 1. The van der Waals surface area contributed by atoms with Crippen LogP contribution in [0.1, 0.15) is 37.0 Å². The van der Waals surface area contributed by atoms with Gasteiger partial charge >= 0.3 is 0 Å². The summed E-state index contributed by atoms with van der Waals surface area (Å²) in [7, 11) is -3.68. The van der Waals surface area contributed by atoms with Gasteiger partial charge in [-0.2, -0.15) is 4.31 Å². The van der Waals surface area contributed by atoms with E-state index in [9.17, 15) is 13.2 Å². The first-order valence-electron chi connectivity index (χ1n) is 9.61. The van der Waals surface area contributed by atoms with Gasteiger partial charge in [0.25, 0.3) is 5.91 Å². The number of hydrogen-bond donors (Lipinski definition) is 1. The smallest absolute Gasteiger partial charge is 0.255 e. The second-order valence-electron chi connectivity index (χ2n) is 7.44. The highest BCUT2D eigenvalue weighted by molar-refractivity contribution is 7.89. The second kappa shape index (κ2) is 9.15. The summed E-state index contributed by atoms with van der Waals surface area (Å²) in [4.78, 5) is 12.7. The van der Waals surface area contributed by atoms with Crippen LogP contribution in [-0.2, 0) is 10.0 Å². The molecule has 0 unspecified atom stereocenters. The van der Waals surface area contributed by atoms with Crippen LogP contribution < -0.4 is 10.1 Å². The number of ether oxygens (including phenoxy) is 1. The summed E-state index contributed by atoms with van der Waals surface area (Å²) in [5.74, 6) is 0.629. The molecule has 0 saturated carbocycles.